The van der Waals surface area contributed by atoms with Crippen LogP contribution in [0, 0.1) is 10.1 Å². The van der Waals surface area contributed by atoms with Crippen LogP contribution in [0.25, 0.3) is 11.8 Å². The lowest BCUT2D eigenvalue weighted by atomic mass is 10.0. The van der Waals surface area contributed by atoms with Crippen molar-refractivity contribution in [1.82, 2.24) is 4.57 Å². The highest BCUT2D eigenvalue weighted by Crippen LogP contribution is 2.26. The zero-order chi connectivity index (χ0) is 19.7. The third-order valence-corrected chi connectivity index (χ3v) is 5.55. The molecule has 0 spiro atoms. The van der Waals surface area contributed by atoms with Gasteiger partial charge in [0.2, 0.25) is 0 Å². The Kier molecular flexibility index (Phi) is 4.76. The molecular weight excluding hydrogens is 396 g/mol. The molecule has 0 fully saturated rings. The van der Waals surface area contributed by atoms with E-state index in [0.29, 0.717) is 26.8 Å². The summed E-state index contributed by atoms with van der Waals surface area (Å²) in [5.41, 5.74) is 2.43. The summed E-state index contributed by atoms with van der Waals surface area (Å²) in [5, 5.41) is 19.6. The summed E-state index contributed by atoms with van der Waals surface area (Å²) in [5.74, 6) is 0. The third kappa shape index (κ3) is 3.32. The number of hydrogen-bond acceptors (Lipinski definition) is 7. The number of nitro groups is 1. The predicted molar refractivity (Wildman–Crippen MR) is 113 cm³/mol. The molecule has 7 nitrogen and oxygen atoms in total. The molecule has 4 rings (SSSR count). The van der Waals surface area contributed by atoms with Crippen LogP contribution in [0.3, 0.4) is 0 Å². The minimum atomic E-state index is -0.458. The molecule has 2 heterocycles. The first kappa shape index (κ1) is 18.1. The number of hydrogen-bond donors (Lipinski definition) is 1. The number of nitrogens with zero attached hydrogens (tertiary/aromatic N) is 4. The first-order chi connectivity index (χ1) is 13.5. The van der Waals surface area contributed by atoms with Gasteiger partial charge in [-0.15, -0.1) is 17.7 Å². The van der Waals surface area contributed by atoms with Gasteiger partial charge >= 0.3 is 4.87 Å². The van der Waals surface area contributed by atoms with Gasteiger partial charge < -0.3 is 0 Å². The minimum absolute atomic E-state index is 0.0266. The topological polar surface area (TPSA) is 89.9 Å². The van der Waals surface area contributed by atoms with Crippen molar-refractivity contribution in [2.24, 2.45) is 10.2 Å². The van der Waals surface area contributed by atoms with E-state index in [1.165, 1.54) is 16.7 Å². The zero-order valence-electron chi connectivity index (χ0n) is 14.2. The van der Waals surface area contributed by atoms with Gasteiger partial charge in [0.15, 0.2) is 0 Å². The van der Waals surface area contributed by atoms with Gasteiger partial charge in [-0.1, -0.05) is 41.7 Å². The largest absolute Gasteiger partial charge is 0.313 e. The van der Waals surface area contributed by atoms with Crippen LogP contribution in [-0.4, -0.2) is 21.4 Å². The number of thiazole rings is 1. The fraction of sp³-hybridized carbons (Fsp3) is 0. The van der Waals surface area contributed by atoms with Crippen molar-refractivity contribution in [3.8, 4) is 5.69 Å². The summed E-state index contributed by atoms with van der Waals surface area (Å²) in [4.78, 5) is 23.5. The second-order valence-electron chi connectivity index (χ2n) is 5.83. The number of aromatic nitrogens is 1. The van der Waals surface area contributed by atoms with Crippen molar-refractivity contribution in [3.63, 3.8) is 0 Å². The van der Waals surface area contributed by atoms with Gasteiger partial charge in [0.25, 0.3) is 5.69 Å². The molecule has 0 radical (unpaired) electrons. The first-order valence-electron chi connectivity index (χ1n) is 8.13. The van der Waals surface area contributed by atoms with Gasteiger partial charge in [0.1, 0.15) is 5.71 Å². The van der Waals surface area contributed by atoms with Gasteiger partial charge in [-0.05, 0) is 18.2 Å². The molecule has 0 aliphatic carbocycles. The van der Waals surface area contributed by atoms with E-state index >= 15 is 0 Å². The molecule has 0 bridgehead atoms. The Morgan fingerprint density at radius 1 is 1.14 bits per heavy atom. The monoisotopic (exact) mass is 408 g/mol. The Morgan fingerprint density at radius 3 is 2.68 bits per heavy atom. The Hall–Kier alpha value is -3.30. The van der Waals surface area contributed by atoms with Crippen LogP contribution < -0.4 is 4.87 Å². The van der Waals surface area contributed by atoms with Gasteiger partial charge in [-0.25, -0.2) is 0 Å². The van der Waals surface area contributed by atoms with E-state index in [0.717, 1.165) is 17.0 Å². The van der Waals surface area contributed by atoms with Crippen molar-refractivity contribution in [3.05, 3.63) is 90.4 Å². The molecule has 2 aromatic carbocycles. The lowest BCUT2D eigenvalue weighted by Crippen LogP contribution is -2.10. The maximum atomic E-state index is 12.5. The molecule has 138 valence electrons. The highest BCUT2D eigenvalue weighted by atomic mass is 32.1. The molecule has 0 saturated heterocycles. The van der Waals surface area contributed by atoms with Crippen LogP contribution >= 0.6 is 24.0 Å². The second-order valence-corrected chi connectivity index (χ2v) is 7.24. The third-order valence-electron chi connectivity index (χ3n) is 4.07. The summed E-state index contributed by atoms with van der Waals surface area (Å²) in [7, 11) is 0. The zero-order valence-corrected chi connectivity index (χ0v) is 15.9. The Balaban J connectivity index is 1.75. The fourth-order valence-electron chi connectivity index (χ4n) is 2.79. The number of rotatable bonds is 4. The normalized spacial score (nSPS) is 14.5. The van der Waals surface area contributed by atoms with E-state index in [2.05, 4.69) is 22.8 Å². The Morgan fingerprint density at radius 2 is 1.93 bits per heavy atom. The average molecular weight is 408 g/mol. The van der Waals surface area contributed by atoms with Crippen molar-refractivity contribution in [1.29, 1.82) is 0 Å². The summed E-state index contributed by atoms with van der Waals surface area (Å²) in [6.07, 6.45) is 3.32. The van der Waals surface area contributed by atoms with Gasteiger partial charge in [0.05, 0.1) is 26.7 Å². The Bertz CT molecular complexity index is 1220. The molecule has 1 aliphatic rings. The summed E-state index contributed by atoms with van der Waals surface area (Å²) in [6, 6.07) is 15.4. The van der Waals surface area contributed by atoms with E-state index in [-0.39, 0.29) is 10.6 Å². The maximum absolute atomic E-state index is 12.5. The van der Waals surface area contributed by atoms with Crippen molar-refractivity contribution < 1.29 is 4.92 Å². The molecule has 1 aliphatic heterocycles. The lowest BCUT2D eigenvalue weighted by molar-refractivity contribution is -0.384. The van der Waals surface area contributed by atoms with Crippen LogP contribution in [-0.2, 0) is 0 Å². The van der Waals surface area contributed by atoms with Gasteiger partial charge in [0, 0.05) is 23.3 Å². The van der Waals surface area contributed by atoms with Crippen LogP contribution in [0.5, 0.6) is 0 Å². The van der Waals surface area contributed by atoms with Crippen molar-refractivity contribution in [2.45, 2.75) is 5.03 Å². The number of para-hydroxylation sites is 1. The quantitative estimate of drug-likeness (QED) is 0.402. The summed E-state index contributed by atoms with van der Waals surface area (Å²) >= 11 is 5.59. The van der Waals surface area contributed by atoms with E-state index in [4.69, 9.17) is 0 Å². The number of thiol groups is 1. The standard InChI is InChI=1S/C19H12N4O3S2/c24-19-22(14-6-2-1-3-7-14)18(27)16(28-19)10-13-11-20-21-17(13)12-5-4-8-15(9-12)23(25)26/h1-11,27H/b13-10+. The maximum Gasteiger partial charge on any atom is 0.313 e. The minimum Gasteiger partial charge on any atom is -0.262 e. The predicted octanol–water partition coefficient (Wildman–Crippen LogP) is 3.97. The van der Waals surface area contributed by atoms with Crippen LogP contribution in [0.15, 0.2) is 80.2 Å². The second kappa shape index (κ2) is 7.37. The molecule has 0 saturated carbocycles. The highest BCUT2D eigenvalue weighted by molar-refractivity contribution is 7.80. The smallest absolute Gasteiger partial charge is 0.262 e. The SMILES string of the molecule is O=c1sc(/C=C2\C=NN=C2c2cccc([N+](=O)[O-])c2)c(S)n1-c1ccccc1. The summed E-state index contributed by atoms with van der Waals surface area (Å²) in [6.45, 7) is 0. The molecule has 0 atom stereocenters. The fourth-order valence-corrected chi connectivity index (χ4v) is 4.11. The first-order valence-corrected chi connectivity index (χ1v) is 9.39. The van der Waals surface area contributed by atoms with E-state index in [1.54, 1.807) is 24.4 Å². The number of allylic oxidation sites excluding steroid dienone is 1. The lowest BCUT2D eigenvalue weighted by Gasteiger charge is -2.04. The van der Waals surface area contributed by atoms with Crippen molar-refractivity contribution >= 4 is 47.7 Å². The van der Waals surface area contributed by atoms with Crippen LogP contribution in [0.2, 0.25) is 0 Å². The molecule has 28 heavy (non-hydrogen) atoms. The molecule has 0 unspecified atom stereocenters. The van der Waals surface area contributed by atoms with Crippen molar-refractivity contribution in [2.75, 3.05) is 0 Å². The molecule has 3 aromatic rings. The molecule has 1 aromatic heterocycles. The van der Waals surface area contributed by atoms with E-state index in [1.807, 2.05) is 30.3 Å². The molecular formula is C19H12N4O3S2. The van der Waals surface area contributed by atoms with E-state index < -0.39 is 4.92 Å². The average Bonchev–Trinajstić information content (AvgIpc) is 3.27. The number of benzene rings is 2. The van der Waals surface area contributed by atoms with E-state index in [9.17, 15) is 14.9 Å². The van der Waals surface area contributed by atoms with Gasteiger partial charge in [-0.2, -0.15) is 5.10 Å². The van der Waals surface area contributed by atoms with Crippen LogP contribution in [0.1, 0.15) is 10.4 Å². The summed E-state index contributed by atoms with van der Waals surface area (Å²) < 4.78 is 1.52. The van der Waals surface area contributed by atoms with Gasteiger partial charge in [-0.3, -0.25) is 19.5 Å². The molecule has 9 heteroatoms. The molecule has 0 amide bonds. The number of non-ortho nitro benzene ring substituents is 1. The molecule has 0 N–H and O–H groups in total. The van der Waals surface area contributed by atoms with Crippen LogP contribution in [0.4, 0.5) is 5.69 Å². The number of nitro benzene ring substituents is 1. The Labute approximate surface area is 168 Å². The highest BCUT2D eigenvalue weighted by Gasteiger charge is 2.18.